The molecule has 21 heavy (non-hydrogen) atoms. The lowest BCUT2D eigenvalue weighted by Gasteiger charge is -2.09. The summed E-state index contributed by atoms with van der Waals surface area (Å²) in [7, 11) is -4.12. The summed E-state index contributed by atoms with van der Waals surface area (Å²) >= 11 is 0.899. The van der Waals surface area contributed by atoms with Crippen molar-refractivity contribution in [2.75, 3.05) is 11.3 Å². The SMILES string of the molecule is CCOc1cccc(NS(=O)(=O)c2cscc2C(F)F)n1. The third kappa shape index (κ3) is 3.67. The standard InChI is InChI=1S/C12H12F2N2O3S2/c1-2-19-11-5-3-4-10(15-11)16-21(17,18)9-7-20-6-8(9)12(13)14/h3-7,12H,2H2,1H3,(H,15,16). The molecule has 0 saturated carbocycles. The molecule has 0 bridgehead atoms. The van der Waals surface area contributed by atoms with Crippen molar-refractivity contribution in [1.82, 2.24) is 4.98 Å². The zero-order chi connectivity index (χ0) is 15.5. The number of alkyl halides is 2. The quantitative estimate of drug-likeness (QED) is 0.880. The average Bonchev–Trinajstić information content (AvgIpc) is 2.89. The molecule has 9 heteroatoms. The van der Waals surface area contributed by atoms with E-state index in [1.54, 1.807) is 19.1 Å². The Balaban J connectivity index is 2.29. The summed E-state index contributed by atoms with van der Waals surface area (Å²) in [5.41, 5.74) is -0.520. The van der Waals surface area contributed by atoms with Gasteiger partial charge in [-0.2, -0.15) is 16.3 Å². The Morgan fingerprint density at radius 3 is 2.81 bits per heavy atom. The first-order valence-corrected chi connectivity index (χ1v) is 8.33. The van der Waals surface area contributed by atoms with Gasteiger partial charge < -0.3 is 4.74 Å². The van der Waals surface area contributed by atoms with Crippen LogP contribution in [0.5, 0.6) is 5.88 Å². The maximum Gasteiger partial charge on any atom is 0.265 e. The number of aromatic nitrogens is 1. The van der Waals surface area contributed by atoms with Crippen molar-refractivity contribution in [2.24, 2.45) is 0 Å². The highest BCUT2D eigenvalue weighted by atomic mass is 32.2. The smallest absolute Gasteiger partial charge is 0.265 e. The Kier molecular flexibility index (Phi) is 4.73. The largest absolute Gasteiger partial charge is 0.478 e. The molecule has 0 spiro atoms. The second-order valence-electron chi connectivity index (χ2n) is 3.89. The Morgan fingerprint density at radius 1 is 1.38 bits per heavy atom. The number of nitrogens with one attached hydrogen (secondary N) is 1. The normalized spacial score (nSPS) is 11.6. The fraction of sp³-hybridized carbons (Fsp3) is 0.250. The van der Waals surface area contributed by atoms with Crippen LogP contribution in [-0.2, 0) is 10.0 Å². The van der Waals surface area contributed by atoms with Crippen LogP contribution >= 0.6 is 11.3 Å². The van der Waals surface area contributed by atoms with E-state index in [2.05, 4.69) is 9.71 Å². The third-order valence-electron chi connectivity index (χ3n) is 2.43. The van der Waals surface area contributed by atoms with Crippen LogP contribution in [0.15, 0.2) is 33.9 Å². The van der Waals surface area contributed by atoms with Crippen molar-refractivity contribution in [3.8, 4) is 5.88 Å². The maximum atomic E-state index is 12.8. The van der Waals surface area contributed by atoms with E-state index in [0.29, 0.717) is 6.61 Å². The van der Waals surface area contributed by atoms with E-state index >= 15 is 0 Å². The number of pyridine rings is 1. The summed E-state index contributed by atoms with van der Waals surface area (Å²) in [6.07, 6.45) is -2.86. The molecular weight excluding hydrogens is 322 g/mol. The molecule has 0 saturated heterocycles. The predicted molar refractivity (Wildman–Crippen MR) is 75.5 cm³/mol. The summed E-state index contributed by atoms with van der Waals surface area (Å²) in [4.78, 5) is 3.50. The fourth-order valence-electron chi connectivity index (χ4n) is 1.57. The first kappa shape index (κ1) is 15.6. The molecule has 114 valence electrons. The van der Waals surface area contributed by atoms with Crippen molar-refractivity contribution in [2.45, 2.75) is 18.2 Å². The van der Waals surface area contributed by atoms with Gasteiger partial charge in [0, 0.05) is 22.4 Å². The number of thiophene rings is 1. The predicted octanol–water partition coefficient (Wildman–Crippen LogP) is 3.28. The summed E-state index contributed by atoms with van der Waals surface area (Å²) in [6.45, 7) is 2.14. The number of anilines is 1. The van der Waals surface area contributed by atoms with E-state index in [9.17, 15) is 17.2 Å². The van der Waals surface area contributed by atoms with E-state index in [1.165, 1.54) is 6.07 Å². The first-order chi connectivity index (χ1) is 9.94. The molecular formula is C12H12F2N2O3S2. The lowest BCUT2D eigenvalue weighted by atomic mass is 10.4. The van der Waals surface area contributed by atoms with Gasteiger partial charge in [-0.05, 0) is 13.0 Å². The Hall–Kier alpha value is -1.74. The molecule has 0 amide bonds. The molecule has 2 aromatic rings. The highest BCUT2D eigenvalue weighted by Crippen LogP contribution is 2.30. The van der Waals surface area contributed by atoms with Gasteiger partial charge in [0.1, 0.15) is 10.7 Å². The summed E-state index contributed by atoms with van der Waals surface area (Å²) in [5.74, 6) is 0.254. The molecule has 2 heterocycles. The van der Waals surface area contributed by atoms with Gasteiger partial charge in [0.25, 0.3) is 16.4 Å². The van der Waals surface area contributed by atoms with E-state index in [0.717, 1.165) is 22.1 Å². The van der Waals surface area contributed by atoms with Crippen LogP contribution in [0.4, 0.5) is 14.6 Å². The van der Waals surface area contributed by atoms with Crippen LogP contribution in [0, 0.1) is 0 Å². The first-order valence-electron chi connectivity index (χ1n) is 5.91. The van der Waals surface area contributed by atoms with E-state index < -0.39 is 26.9 Å². The Bertz CT molecular complexity index is 717. The molecule has 0 aliphatic carbocycles. The minimum Gasteiger partial charge on any atom is -0.478 e. The van der Waals surface area contributed by atoms with Gasteiger partial charge in [-0.3, -0.25) is 4.72 Å². The maximum absolute atomic E-state index is 12.8. The van der Waals surface area contributed by atoms with Crippen molar-refractivity contribution < 1.29 is 21.9 Å². The van der Waals surface area contributed by atoms with Crippen molar-refractivity contribution in [3.05, 3.63) is 34.5 Å². The zero-order valence-electron chi connectivity index (χ0n) is 10.9. The van der Waals surface area contributed by atoms with Gasteiger partial charge in [0.2, 0.25) is 5.88 Å². The molecule has 0 aliphatic heterocycles. The highest BCUT2D eigenvalue weighted by molar-refractivity contribution is 7.92. The molecule has 0 aliphatic rings. The number of hydrogen-bond acceptors (Lipinski definition) is 5. The van der Waals surface area contributed by atoms with Gasteiger partial charge in [-0.1, -0.05) is 6.07 Å². The molecule has 0 aromatic carbocycles. The highest BCUT2D eigenvalue weighted by Gasteiger charge is 2.25. The lowest BCUT2D eigenvalue weighted by Crippen LogP contribution is -2.15. The minimum atomic E-state index is -4.12. The van der Waals surface area contributed by atoms with Crippen molar-refractivity contribution in [1.29, 1.82) is 0 Å². The van der Waals surface area contributed by atoms with Gasteiger partial charge in [0.05, 0.1) is 6.61 Å². The number of rotatable bonds is 6. The second-order valence-corrected chi connectivity index (χ2v) is 6.29. The van der Waals surface area contributed by atoms with E-state index in [4.69, 9.17) is 4.74 Å². The summed E-state index contributed by atoms with van der Waals surface area (Å²) < 4.78 is 57.1. The van der Waals surface area contributed by atoms with Gasteiger partial charge >= 0.3 is 0 Å². The number of nitrogens with zero attached hydrogens (tertiary/aromatic N) is 1. The topological polar surface area (TPSA) is 68.3 Å². The van der Waals surface area contributed by atoms with Crippen molar-refractivity contribution >= 4 is 27.2 Å². The molecule has 2 aromatic heterocycles. The van der Waals surface area contributed by atoms with Crippen LogP contribution in [0.25, 0.3) is 0 Å². The molecule has 0 atom stereocenters. The van der Waals surface area contributed by atoms with Crippen LogP contribution in [0.2, 0.25) is 0 Å². The molecule has 0 fully saturated rings. The zero-order valence-corrected chi connectivity index (χ0v) is 12.5. The monoisotopic (exact) mass is 334 g/mol. The number of ether oxygens (including phenoxy) is 1. The van der Waals surface area contributed by atoms with Crippen LogP contribution in [0.3, 0.4) is 0 Å². The Labute approximate surface area is 124 Å². The summed E-state index contributed by atoms with van der Waals surface area (Å²) in [6, 6.07) is 4.53. The summed E-state index contributed by atoms with van der Waals surface area (Å²) in [5, 5.41) is 2.28. The molecule has 0 radical (unpaired) electrons. The van der Waals surface area contributed by atoms with E-state index in [-0.39, 0.29) is 11.7 Å². The number of halogens is 2. The molecule has 2 rings (SSSR count). The van der Waals surface area contributed by atoms with Gasteiger partial charge in [0.15, 0.2) is 0 Å². The Morgan fingerprint density at radius 2 is 2.14 bits per heavy atom. The fourth-order valence-corrected chi connectivity index (χ4v) is 3.97. The molecule has 1 N–H and O–H groups in total. The van der Waals surface area contributed by atoms with Crippen molar-refractivity contribution in [3.63, 3.8) is 0 Å². The van der Waals surface area contributed by atoms with Gasteiger partial charge in [-0.25, -0.2) is 17.2 Å². The van der Waals surface area contributed by atoms with Gasteiger partial charge in [-0.15, -0.1) is 0 Å². The van der Waals surface area contributed by atoms with Crippen LogP contribution in [0.1, 0.15) is 18.9 Å². The minimum absolute atomic E-state index is 0.00682. The second kappa shape index (κ2) is 6.35. The third-order valence-corrected chi connectivity index (χ3v) is 4.76. The lowest BCUT2D eigenvalue weighted by molar-refractivity contribution is 0.148. The average molecular weight is 334 g/mol. The number of hydrogen-bond donors (Lipinski definition) is 1. The van der Waals surface area contributed by atoms with Crippen LogP contribution in [-0.4, -0.2) is 20.0 Å². The molecule has 0 unspecified atom stereocenters. The van der Waals surface area contributed by atoms with Crippen LogP contribution < -0.4 is 9.46 Å². The van der Waals surface area contributed by atoms with E-state index in [1.807, 2.05) is 0 Å². The number of sulfonamides is 1. The molecule has 5 nitrogen and oxygen atoms in total.